The molecule has 3 nitrogen and oxygen atoms in total. The van der Waals surface area contributed by atoms with Crippen LogP contribution in [-0.4, -0.2) is 34.5 Å². The predicted molar refractivity (Wildman–Crippen MR) is 59.7 cm³/mol. The first-order chi connectivity index (χ1) is 7.26. The Hall–Kier alpha value is -0.120. The third-order valence-electron chi connectivity index (χ3n) is 4.08. The Kier molecular flexibility index (Phi) is 3.65. The maximum absolute atomic E-state index is 9.79. The lowest BCUT2D eigenvalue weighted by molar-refractivity contribution is 0.0738. The molecule has 2 fully saturated rings. The fourth-order valence-electron chi connectivity index (χ4n) is 3.08. The summed E-state index contributed by atoms with van der Waals surface area (Å²) in [5, 5.41) is 22.9. The molecule has 0 radical (unpaired) electrons. The number of aliphatic hydroxyl groups excluding tert-OH is 2. The SMILES string of the molecule is OCC1(N[C@H]2CCC[C@@H]2O)CCCCC1. The molecule has 2 aliphatic carbocycles. The normalized spacial score (nSPS) is 35.6. The monoisotopic (exact) mass is 213 g/mol. The van der Waals surface area contributed by atoms with Crippen LogP contribution in [0.25, 0.3) is 0 Å². The molecule has 0 aromatic rings. The summed E-state index contributed by atoms with van der Waals surface area (Å²) in [5.41, 5.74) is -0.0891. The minimum absolute atomic E-state index is 0.0891. The van der Waals surface area contributed by atoms with Crippen LogP contribution in [0.5, 0.6) is 0 Å². The van der Waals surface area contributed by atoms with Gasteiger partial charge in [-0.2, -0.15) is 0 Å². The molecule has 15 heavy (non-hydrogen) atoms. The van der Waals surface area contributed by atoms with Gasteiger partial charge < -0.3 is 15.5 Å². The molecule has 3 N–H and O–H groups in total. The first-order valence-corrected chi connectivity index (χ1v) is 6.32. The Balaban J connectivity index is 1.94. The lowest BCUT2D eigenvalue weighted by Gasteiger charge is -2.39. The summed E-state index contributed by atoms with van der Waals surface area (Å²) in [6.45, 7) is 0.218. The highest BCUT2D eigenvalue weighted by atomic mass is 16.3. The summed E-state index contributed by atoms with van der Waals surface area (Å²) < 4.78 is 0. The average Bonchev–Trinajstić information content (AvgIpc) is 2.66. The zero-order valence-corrected chi connectivity index (χ0v) is 9.41. The van der Waals surface area contributed by atoms with E-state index in [2.05, 4.69) is 5.32 Å². The van der Waals surface area contributed by atoms with Gasteiger partial charge >= 0.3 is 0 Å². The van der Waals surface area contributed by atoms with Crippen molar-refractivity contribution < 1.29 is 10.2 Å². The van der Waals surface area contributed by atoms with Crippen LogP contribution >= 0.6 is 0 Å². The molecular formula is C12H23NO2. The Morgan fingerprint density at radius 2 is 1.80 bits per heavy atom. The second-order valence-corrected chi connectivity index (χ2v) is 5.25. The molecule has 0 saturated heterocycles. The van der Waals surface area contributed by atoms with Crippen LogP contribution in [0.3, 0.4) is 0 Å². The first-order valence-electron chi connectivity index (χ1n) is 6.32. The number of nitrogens with one attached hydrogen (secondary N) is 1. The average molecular weight is 213 g/mol. The van der Waals surface area contributed by atoms with Crippen molar-refractivity contribution in [3.8, 4) is 0 Å². The van der Waals surface area contributed by atoms with Gasteiger partial charge in [-0.3, -0.25) is 0 Å². The van der Waals surface area contributed by atoms with E-state index in [1.807, 2.05) is 0 Å². The van der Waals surface area contributed by atoms with Gasteiger partial charge in [0.1, 0.15) is 0 Å². The van der Waals surface area contributed by atoms with E-state index in [0.717, 1.165) is 32.1 Å². The van der Waals surface area contributed by atoms with Crippen LogP contribution in [0, 0.1) is 0 Å². The van der Waals surface area contributed by atoms with Crippen LogP contribution in [0.2, 0.25) is 0 Å². The van der Waals surface area contributed by atoms with Gasteiger partial charge in [0.25, 0.3) is 0 Å². The molecule has 0 bridgehead atoms. The molecule has 0 unspecified atom stereocenters. The lowest BCUT2D eigenvalue weighted by Crippen LogP contribution is -2.56. The van der Waals surface area contributed by atoms with Crippen molar-refractivity contribution in [3.63, 3.8) is 0 Å². The molecule has 0 heterocycles. The smallest absolute Gasteiger partial charge is 0.0693 e. The van der Waals surface area contributed by atoms with Gasteiger partial charge in [0.05, 0.1) is 12.7 Å². The standard InChI is InChI=1S/C12H23NO2/c14-9-12(7-2-1-3-8-12)13-10-5-4-6-11(10)15/h10-11,13-15H,1-9H2/t10-,11-/m0/s1. The predicted octanol–water partition coefficient (Wildman–Crippen LogP) is 1.18. The van der Waals surface area contributed by atoms with Crippen molar-refractivity contribution in [1.29, 1.82) is 0 Å². The van der Waals surface area contributed by atoms with Crippen LogP contribution in [0.15, 0.2) is 0 Å². The van der Waals surface area contributed by atoms with Crippen molar-refractivity contribution in [2.24, 2.45) is 0 Å². The molecule has 2 aliphatic rings. The second kappa shape index (κ2) is 4.81. The van der Waals surface area contributed by atoms with Crippen LogP contribution < -0.4 is 5.32 Å². The highest BCUT2D eigenvalue weighted by molar-refractivity contribution is 4.96. The molecule has 3 heteroatoms. The summed E-state index contributed by atoms with van der Waals surface area (Å²) >= 11 is 0. The quantitative estimate of drug-likeness (QED) is 0.660. The van der Waals surface area contributed by atoms with Gasteiger partial charge in [-0.1, -0.05) is 19.3 Å². The van der Waals surface area contributed by atoms with E-state index in [4.69, 9.17) is 0 Å². The van der Waals surface area contributed by atoms with Crippen molar-refractivity contribution >= 4 is 0 Å². The lowest BCUT2D eigenvalue weighted by atomic mass is 9.81. The highest BCUT2D eigenvalue weighted by Gasteiger charge is 2.36. The van der Waals surface area contributed by atoms with Crippen LogP contribution in [-0.2, 0) is 0 Å². The minimum atomic E-state index is -0.199. The summed E-state index contributed by atoms with van der Waals surface area (Å²) in [4.78, 5) is 0. The molecule has 0 aliphatic heterocycles. The molecule has 0 spiro atoms. The Labute approximate surface area is 91.9 Å². The summed E-state index contributed by atoms with van der Waals surface area (Å²) in [6, 6.07) is 0.218. The topological polar surface area (TPSA) is 52.5 Å². The van der Waals surface area contributed by atoms with Crippen molar-refractivity contribution in [2.75, 3.05) is 6.61 Å². The second-order valence-electron chi connectivity index (χ2n) is 5.25. The van der Waals surface area contributed by atoms with E-state index >= 15 is 0 Å². The Morgan fingerprint density at radius 3 is 2.33 bits per heavy atom. The van der Waals surface area contributed by atoms with Gasteiger partial charge in [-0.15, -0.1) is 0 Å². The number of hydrogen-bond donors (Lipinski definition) is 3. The summed E-state index contributed by atoms with van der Waals surface area (Å²) in [5.74, 6) is 0. The maximum Gasteiger partial charge on any atom is 0.0693 e. The summed E-state index contributed by atoms with van der Waals surface area (Å²) in [6.07, 6.45) is 8.71. The van der Waals surface area contributed by atoms with Crippen LogP contribution in [0.4, 0.5) is 0 Å². The van der Waals surface area contributed by atoms with E-state index in [1.165, 1.54) is 19.3 Å². The Morgan fingerprint density at radius 1 is 1.07 bits per heavy atom. The van der Waals surface area contributed by atoms with E-state index < -0.39 is 0 Å². The zero-order valence-electron chi connectivity index (χ0n) is 9.41. The van der Waals surface area contributed by atoms with E-state index in [0.29, 0.717) is 0 Å². The fraction of sp³-hybridized carbons (Fsp3) is 1.00. The molecule has 2 atom stereocenters. The van der Waals surface area contributed by atoms with Crippen molar-refractivity contribution in [3.05, 3.63) is 0 Å². The fourth-order valence-corrected chi connectivity index (χ4v) is 3.08. The number of hydrogen-bond acceptors (Lipinski definition) is 3. The van der Waals surface area contributed by atoms with Crippen molar-refractivity contribution in [1.82, 2.24) is 5.32 Å². The molecule has 0 aromatic heterocycles. The van der Waals surface area contributed by atoms with Gasteiger partial charge in [0.2, 0.25) is 0 Å². The van der Waals surface area contributed by atoms with Crippen molar-refractivity contribution in [2.45, 2.75) is 69.1 Å². The molecule has 0 aromatic carbocycles. The molecule has 2 saturated carbocycles. The molecule has 2 rings (SSSR count). The number of rotatable bonds is 3. The van der Waals surface area contributed by atoms with Gasteiger partial charge in [-0.25, -0.2) is 0 Å². The molecular weight excluding hydrogens is 190 g/mol. The highest BCUT2D eigenvalue weighted by Crippen LogP contribution is 2.30. The van der Waals surface area contributed by atoms with Gasteiger partial charge in [0.15, 0.2) is 0 Å². The van der Waals surface area contributed by atoms with E-state index in [1.54, 1.807) is 0 Å². The third-order valence-corrected chi connectivity index (χ3v) is 4.08. The van der Waals surface area contributed by atoms with Gasteiger partial charge in [-0.05, 0) is 32.1 Å². The molecule has 0 amide bonds. The zero-order chi connectivity index (χ0) is 10.7. The third kappa shape index (κ3) is 2.52. The minimum Gasteiger partial charge on any atom is -0.394 e. The van der Waals surface area contributed by atoms with Crippen LogP contribution in [0.1, 0.15) is 51.4 Å². The largest absolute Gasteiger partial charge is 0.394 e. The van der Waals surface area contributed by atoms with Gasteiger partial charge in [0, 0.05) is 11.6 Å². The molecule has 88 valence electrons. The Bertz CT molecular complexity index is 202. The summed E-state index contributed by atoms with van der Waals surface area (Å²) in [7, 11) is 0. The van der Waals surface area contributed by atoms with E-state index in [9.17, 15) is 10.2 Å². The number of aliphatic hydroxyl groups is 2. The first kappa shape index (κ1) is 11.4. The van der Waals surface area contributed by atoms with E-state index in [-0.39, 0.29) is 24.3 Å². The maximum atomic E-state index is 9.79.